The Morgan fingerprint density at radius 1 is 1.24 bits per heavy atom. The Balaban J connectivity index is 2.03. The van der Waals surface area contributed by atoms with E-state index < -0.39 is 5.97 Å². The van der Waals surface area contributed by atoms with Crippen LogP contribution in [0.1, 0.15) is 44.6 Å². The lowest BCUT2D eigenvalue weighted by Gasteiger charge is -2.26. The van der Waals surface area contributed by atoms with E-state index in [0.29, 0.717) is 0 Å². The molecule has 112 valence electrons. The molecule has 0 bridgehead atoms. The van der Waals surface area contributed by atoms with Gasteiger partial charge in [-0.1, -0.05) is 31.9 Å². The van der Waals surface area contributed by atoms with E-state index in [-0.39, 0.29) is 11.3 Å². The molecule has 0 saturated heterocycles. The van der Waals surface area contributed by atoms with E-state index in [0.717, 1.165) is 49.4 Å². The number of rotatable bonds is 5. The van der Waals surface area contributed by atoms with Gasteiger partial charge in [0.2, 0.25) is 5.91 Å². The molecule has 0 radical (unpaired) electrons. The lowest BCUT2D eigenvalue weighted by Crippen LogP contribution is -2.33. The van der Waals surface area contributed by atoms with Gasteiger partial charge in [0.15, 0.2) is 0 Å². The summed E-state index contributed by atoms with van der Waals surface area (Å²) in [4.78, 5) is 22.9. The molecule has 4 heteroatoms. The highest BCUT2D eigenvalue weighted by atomic mass is 16.4. The molecule has 0 aromatic heterocycles. The third kappa shape index (κ3) is 3.72. The quantitative estimate of drug-likeness (QED) is 0.812. The third-order valence-electron chi connectivity index (χ3n) is 4.31. The fraction of sp³-hybridized carbons (Fsp3) is 0.412. The smallest absolute Gasteiger partial charge is 0.328 e. The first-order valence-corrected chi connectivity index (χ1v) is 7.38. The molecule has 1 saturated carbocycles. The van der Waals surface area contributed by atoms with Gasteiger partial charge in [-0.05, 0) is 43.0 Å². The van der Waals surface area contributed by atoms with Crippen molar-refractivity contribution >= 4 is 23.6 Å². The zero-order valence-corrected chi connectivity index (χ0v) is 12.3. The first-order chi connectivity index (χ1) is 10.1. The molecular formula is C17H21NO3. The molecule has 1 aromatic carbocycles. The maximum absolute atomic E-state index is 12.5. The van der Waals surface area contributed by atoms with Crippen molar-refractivity contribution < 1.29 is 14.7 Å². The van der Waals surface area contributed by atoms with Gasteiger partial charge in [-0.25, -0.2) is 4.79 Å². The maximum atomic E-state index is 12.5. The fourth-order valence-electron chi connectivity index (χ4n) is 2.90. The summed E-state index contributed by atoms with van der Waals surface area (Å²) in [5.74, 6) is -0.866. The first kappa shape index (κ1) is 15.3. The van der Waals surface area contributed by atoms with Crippen LogP contribution < -0.4 is 5.32 Å². The number of carboxylic acids is 1. The Hall–Kier alpha value is -2.10. The molecule has 1 amide bonds. The van der Waals surface area contributed by atoms with E-state index in [1.54, 1.807) is 24.3 Å². The number of hydrogen-bond donors (Lipinski definition) is 2. The van der Waals surface area contributed by atoms with Crippen LogP contribution in [-0.2, 0) is 9.59 Å². The lowest BCUT2D eigenvalue weighted by atomic mass is 9.82. The number of amides is 1. The molecule has 2 N–H and O–H groups in total. The number of nitrogens with one attached hydrogen (secondary N) is 1. The summed E-state index contributed by atoms with van der Waals surface area (Å²) in [6.45, 7) is 2.07. The standard InChI is InChI=1S/C17H21NO3/c1-2-17(11-3-4-12-17)16(21)18-14-8-5-13(6-9-14)7-10-15(19)20/h5-10H,2-4,11-12H2,1H3,(H,18,21)(H,19,20)/b10-7+. The van der Waals surface area contributed by atoms with Gasteiger partial charge in [-0.15, -0.1) is 0 Å². The summed E-state index contributed by atoms with van der Waals surface area (Å²) in [5, 5.41) is 11.6. The van der Waals surface area contributed by atoms with Gasteiger partial charge < -0.3 is 10.4 Å². The van der Waals surface area contributed by atoms with Crippen molar-refractivity contribution in [2.75, 3.05) is 5.32 Å². The van der Waals surface area contributed by atoms with Gasteiger partial charge in [0.25, 0.3) is 0 Å². The molecule has 21 heavy (non-hydrogen) atoms. The van der Waals surface area contributed by atoms with Crippen LogP contribution in [0.15, 0.2) is 30.3 Å². The van der Waals surface area contributed by atoms with Crippen LogP contribution >= 0.6 is 0 Å². The topological polar surface area (TPSA) is 66.4 Å². The Morgan fingerprint density at radius 3 is 2.38 bits per heavy atom. The molecule has 2 rings (SSSR count). The van der Waals surface area contributed by atoms with Crippen LogP contribution in [0.3, 0.4) is 0 Å². The third-order valence-corrected chi connectivity index (χ3v) is 4.31. The Labute approximate surface area is 124 Å². The van der Waals surface area contributed by atoms with Gasteiger partial charge in [-0.3, -0.25) is 4.79 Å². The van der Waals surface area contributed by atoms with Crippen LogP contribution in [0.4, 0.5) is 5.69 Å². The highest BCUT2D eigenvalue weighted by molar-refractivity contribution is 5.95. The zero-order valence-electron chi connectivity index (χ0n) is 12.3. The van der Waals surface area contributed by atoms with Gasteiger partial charge in [0, 0.05) is 17.2 Å². The first-order valence-electron chi connectivity index (χ1n) is 7.38. The predicted octanol–water partition coefficient (Wildman–Crippen LogP) is 3.69. The van der Waals surface area contributed by atoms with Crippen LogP contribution in [0.5, 0.6) is 0 Å². The number of carbonyl (C=O) groups excluding carboxylic acids is 1. The minimum Gasteiger partial charge on any atom is -0.478 e. The Kier molecular flexibility index (Phi) is 4.78. The fourth-order valence-corrected chi connectivity index (χ4v) is 2.90. The summed E-state index contributed by atoms with van der Waals surface area (Å²) in [6.07, 6.45) is 7.68. The second-order valence-electron chi connectivity index (χ2n) is 5.59. The molecule has 1 aliphatic carbocycles. The second kappa shape index (κ2) is 6.57. The summed E-state index contributed by atoms with van der Waals surface area (Å²) in [6, 6.07) is 7.19. The summed E-state index contributed by atoms with van der Waals surface area (Å²) in [5.41, 5.74) is 1.34. The molecule has 0 spiro atoms. The number of carboxylic acid groups (broad SMARTS) is 1. The minimum atomic E-state index is -0.974. The van der Waals surface area contributed by atoms with Gasteiger partial charge >= 0.3 is 5.97 Å². The summed E-state index contributed by atoms with van der Waals surface area (Å²) >= 11 is 0. The summed E-state index contributed by atoms with van der Waals surface area (Å²) in [7, 11) is 0. The van der Waals surface area contributed by atoms with Crippen molar-refractivity contribution in [3.05, 3.63) is 35.9 Å². The molecule has 0 aliphatic heterocycles. The Morgan fingerprint density at radius 2 is 1.86 bits per heavy atom. The van der Waals surface area contributed by atoms with Crippen LogP contribution in [0.2, 0.25) is 0 Å². The number of aliphatic carboxylic acids is 1. The monoisotopic (exact) mass is 287 g/mol. The van der Waals surface area contributed by atoms with Crippen molar-refractivity contribution in [2.24, 2.45) is 5.41 Å². The molecule has 0 heterocycles. The van der Waals surface area contributed by atoms with Crippen molar-refractivity contribution in [1.29, 1.82) is 0 Å². The van der Waals surface area contributed by atoms with Crippen LogP contribution in [0.25, 0.3) is 6.08 Å². The van der Waals surface area contributed by atoms with Crippen molar-refractivity contribution in [1.82, 2.24) is 0 Å². The molecular weight excluding hydrogens is 266 g/mol. The lowest BCUT2D eigenvalue weighted by molar-refractivity contribution is -0.131. The predicted molar refractivity (Wildman–Crippen MR) is 82.9 cm³/mol. The number of benzene rings is 1. The Bertz CT molecular complexity index is 540. The number of hydrogen-bond acceptors (Lipinski definition) is 2. The second-order valence-corrected chi connectivity index (χ2v) is 5.59. The van der Waals surface area contributed by atoms with Gasteiger partial charge in [-0.2, -0.15) is 0 Å². The molecule has 1 aliphatic rings. The number of carbonyl (C=O) groups is 2. The average molecular weight is 287 g/mol. The van der Waals surface area contributed by atoms with E-state index in [9.17, 15) is 9.59 Å². The van der Waals surface area contributed by atoms with Crippen molar-refractivity contribution in [3.8, 4) is 0 Å². The molecule has 0 unspecified atom stereocenters. The van der Waals surface area contributed by atoms with Crippen molar-refractivity contribution in [3.63, 3.8) is 0 Å². The number of anilines is 1. The van der Waals surface area contributed by atoms with E-state index in [2.05, 4.69) is 12.2 Å². The van der Waals surface area contributed by atoms with Crippen molar-refractivity contribution in [2.45, 2.75) is 39.0 Å². The van der Waals surface area contributed by atoms with E-state index >= 15 is 0 Å². The molecule has 1 aromatic rings. The highest BCUT2D eigenvalue weighted by Crippen LogP contribution is 2.41. The average Bonchev–Trinajstić information content (AvgIpc) is 2.96. The SMILES string of the molecule is CCC1(C(=O)Nc2ccc(/C=C/C(=O)O)cc2)CCCC1. The normalized spacial score (nSPS) is 17.0. The van der Waals surface area contributed by atoms with Crippen LogP contribution in [-0.4, -0.2) is 17.0 Å². The zero-order chi connectivity index (χ0) is 15.3. The largest absolute Gasteiger partial charge is 0.478 e. The molecule has 4 nitrogen and oxygen atoms in total. The maximum Gasteiger partial charge on any atom is 0.328 e. The summed E-state index contributed by atoms with van der Waals surface area (Å²) < 4.78 is 0. The van der Waals surface area contributed by atoms with E-state index in [1.165, 1.54) is 6.08 Å². The van der Waals surface area contributed by atoms with Crippen LogP contribution in [0, 0.1) is 5.41 Å². The van der Waals surface area contributed by atoms with E-state index in [1.807, 2.05) is 0 Å². The van der Waals surface area contributed by atoms with Gasteiger partial charge in [0.05, 0.1) is 0 Å². The molecule has 0 atom stereocenters. The van der Waals surface area contributed by atoms with E-state index in [4.69, 9.17) is 5.11 Å². The molecule has 1 fully saturated rings. The minimum absolute atomic E-state index is 0.108. The van der Waals surface area contributed by atoms with Gasteiger partial charge in [0.1, 0.15) is 0 Å². The highest BCUT2D eigenvalue weighted by Gasteiger charge is 2.39.